The van der Waals surface area contributed by atoms with Gasteiger partial charge in [-0.2, -0.15) is 0 Å². The fourth-order valence-electron chi connectivity index (χ4n) is 3.71. The number of halogens is 3. The van der Waals surface area contributed by atoms with Crippen LogP contribution in [-0.2, 0) is 4.74 Å². The molecule has 1 saturated heterocycles. The molecule has 1 fully saturated rings. The fraction of sp³-hybridized carbons (Fsp3) is 0.280. The molecular formula is C25H23Cl2FN2O3. The van der Waals surface area contributed by atoms with E-state index in [1.165, 1.54) is 12.1 Å². The quantitative estimate of drug-likeness (QED) is 0.406. The van der Waals surface area contributed by atoms with Crippen LogP contribution in [-0.4, -0.2) is 42.1 Å². The second kappa shape index (κ2) is 10.1. The van der Waals surface area contributed by atoms with Crippen LogP contribution in [0.3, 0.4) is 0 Å². The van der Waals surface area contributed by atoms with Gasteiger partial charge in [0.2, 0.25) is 0 Å². The van der Waals surface area contributed by atoms with Gasteiger partial charge in [0.25, 0.3) is 5.91 Å². The van der Waals surface area contributed by atoms with Crippen molar-refractivity contribution < 1.29 is 18.7 Å². The van der Waals surface area contributed by atoms with E-state index in [1.807, 2.05) is 37.3 Å². The molecule has 0 spiro atoms. The van der Waals surface area contributed by atoms with Crippen LogP contribution in [0.4, 0.5) is 4.39 Å². The number of hydrogen-bond acceptors (Lipinski definition) is 4. The summed E-state index contributed by atoms with van der Waals surface area (Å²) < 4.78 is 25.3. The SMILES string of the molecule is Cc1ncc(-c2ccc(C(=O)N3CCOCC3)cc2)cc1O[C@H](C)c1c(Cl)ccc(F)c1Cl. The van der Waals surface area contributed by atoms with Crippen LogP contribution < -0.4 is 4.74 Å². The first kappa shape index (κ1) is 23.5. The van der Waals surface area contributed by atoms with Crippen LogP contribution in [0, 0.1) is 12.7 Å². The topological polar surface area (TPSA) is 51.7 Å². The number of benzene rings is 2. The maximum Gasteiger partial charge on any atom is 0.254 e. The molecule has 8 heteroatoms. The molecule has 4 rings (SSSR count). The largest absolute Gasteiger partial charge is 0.484 e. The molecule has 5 nitrogen and oxygen atoms in total. The molecule has 0 saturated carbocycles. The second-order valence-corrected chi connectivity index (χ2v) is 8.59. The minimum absolute atomic E-state index is 0.00595. The van der Waals surface area contributed by atoms with E-state index in [-0.39, 0.29) is 10.9 Å². The van der Waals surface area contributed by atoms with Gasteiger partial charge in [-0.25, -0.2) is 4.39 Å². The van der Waals surface area contributed by atoms with Crippen LogP contribution >= 0.6 is 23.2 Å². The first-order valence-electron chi connectivity index (χ1n) is 10.6. The summed E-state index contributed by atoms with van der Waals surface area (Å²) in [5, 5.41) is 0.272. The van der Waals surface area contributed by atoms with Crippen LogP contribution in [0.2, 0.25) is 10.0 Å². The minimum Gasteiger partial charge on any atom is -0.484 e. The molecule has 2 heterocycles. The summed E-state index contributed by atoms with van der Waals surface area (Å²) in [6, 6.07) is 11.9. The van der Waals surface area contributed by atoms with Gasteiger partial charge in [-0.05, 0) is 49.7 Å². The van der Waals surface area contributed by atoms with Crippen molar-refractivity contribution in [3.05, 3.63) is 81.3 Å². The molecule has 0 aliphatic carbocycles. The summed E-state index contributed by atoms with van der Waals surface area (Å²) in [5.41, 5.74) is 3.40. The standard InChI is InChI=1S/C25H23Cl2FN2O3/c1-15-22(33-16(2)23-20(26)7-8-21(28)24(23)27)13-19(14-29-15)17-3-5-18(6-4-17)25(31)30-9-11-32-12-10-30/h3-8,13-14,16H,9-12H2,1-2H3/t16-/m1/s1. The molecule has 1 aromatic heterocycles. The van der Waals surface area contributed by atoms with Crippen LogP contribution in [0.25, 0.3) is 11.1 Å². The third-order valence-corrected chi connectivity index (χ3v) is 6.31. The average Bonchev–Trinajstić information content (AvgIpc) is 2.83. The lowest BCUT2D eigenvalue weighted by molar-refractivity contribution is 0.0303. The molecule has 0 radical (unpaired) electrons. The highest BCUT2D eigenvalue weighted by molar-refractivity contribution is 6.36. The van der Waals surface area contributed by atoms with Crippen molar-refractivity contribution in [3.63, 3.8) is 0 Å². The van der Waals surface area contributed by atoms with Crippen molar-refractivity contribution in [2.24, 2.45) is 0 Å². The van der Waals surface area contributed by atoms with Crippen LogP contribution in [0.15, 0.2) is 48.7 Å². The number of aromatic nitrogens is 1. The molecule has 1 amide bonds. The maximum absolute atomic E-state index is 13.9. The molecule has 1 aliphatic heterocycles. The van der Waals surface area contributed by atoms with Gasteiger partial charge in [0, 0.05) is 41.0 Å². The Morgan fingerprint density at radius 1 is 1.12 bits per heavy atom. The third kappa shape index (κ3) is 5.13. The van der Waals surface area contributed by atoms with E-state index in [2.05, 4.69) is 4.98 Å². The number of morpholine rings is 1. The second-order valence-electron chi connectivity index (χ2n) is 7.81. The number of rotatable bonds is 5. The summed E-state index contributed by atoms with van der Waals surface area (Å²) in [7, 11) is 0. The number of nitrogens with zero attached hydrogens (tertiary/aromatic N) is 2. The number of carbonyl (C=O) groups is 1. The normalized spacial score (nSPS) is 14.8. The molecule has 1 aliphatic rings. The molecule has 172 valence electrons. The number of carbonyl (C=O) groups excluding carboxylic acids is 1. The van der Waals surface area contributed by atoms with Crippen molar-refractivity contribution in [2.75, 3.05) is 26.3 Å². The molecule has 0 bridgehead atoms. The van der Waals surface area contributed by atoms with Gasteiger partial charge in [0.15, 0.2) is 0 Å². The van der Waals surface area contributed by atoms with Gasteiger partial charge >= 0.3 is 0 Å². The Morgan fingerprint density at radius 2 is 1.82 bits per heavy atom. The van der Waals surface area contributed by atoms with E-state index >= 15 is 0 Å². The molecule has 1 atom stereocenters. The molecular weight excluding hydrogens is 466 g/mol. The lowest BCUT2D eigenvalue weighted by Gasteiger charge is -2.26. The van der Waals surface area contributed by atoms with Crippen LogP contribution in [0.1, 0.15) is 34.6 Å². The zero-order valence-corrected chi connectivity index (χ0v) is 19.8. The van der Waals surface area contributed by atoms with E-state index in [4.69, 9.17) is 32.7 Å². The summed E-state index contributed by atoms with van der Waals surface area (Å²) in [6.07, 6.45) is 1.15. The molecule has 2 aromatic carbocycles. The predicted octanol–water partition coefficient (Wildman–Crippen LogP) is 6.12. The van der Waals surface area contributed by atoms with Gasteiger partial charge in [-0.3, -0.25) is 9.78 Å². The van der Waals surface area contributed by atoms with Gasteiger partial charge in [-0.1, -0.05) is 35.3 Å². The Bertz CT molecular complexity index is 1170. The number of hydrogen-bond donors (Lipinski definition) is 0. The van der Waals surface area contributed by atoms with E-state index in [0.717, 1.165) is 11.1 Å². The van der Waals surface area contributed by atoms with Gasteiger partial charge in [0.1, 0.15) is 17.7 Å². The van der Waals surface area contributed by atoms with E-state index in [0.29, 0.717) is 53.9 Å². The molecule has 3 aromatic rings. The van der Waals surface area contributed by atoms with Crippen LogP contribution in [0.5, 0.6) is 5.75 Å². The first-order valence-corrected chi connectivity index (χ1v) is 11.3. The Kier molecular flexibility index (Phi) is 7.17. The monoisotopic (exact) mass is 488 g/mol. The Hall–Kier alpha value is -2.67. The Balaban J connectivity index is 1.55. The molecule has 0 N–H and O–H groups in total. The number of pyridine rings is 1. The van der Waals surface area contributed by atoms with E-state index in [1.54, 1.807) is 18.0 Å². The number of aryl methyl sites for hydroxylation is 1. The van der Waals surface area contributed by atoms with Crippen molar-refractivity contribution in [1.82, 2.24) is 9.88 Å². The maximum atomic E-state index is 13.9. The lowest BCUT2D eigenvalue weighted by Crippen LogP contribution is -2.40. The fourth-order valence-corrected chi connectivity index (χ4v) is 4.39. The highest BCUT2D eigenvalue weighted by Crippen LogP contribution is 2.36. The zero-order chi connectivity index (χ0) is 23.5. The molecule has 0 unspecified atom stereocenters. The van der Waals surface area contributed by atoms with Crippen molar-refractivity contribution in [1.29, 1.82) is 0 Å². The van der Waals surface area contributed by atoms with Gasteiger partial charge < -0.3 is 14.4 Å². The Morgan fingerprint density at radius 3 is 2.52 bits per heavy atom. The van der Waals surface area contributed by atoms with Crippen molar-refractivity contribution in [2.45, 2.75) is 20.0 Å². The van der Waals surface area contributed by atoms with Crippen molar-refractivity contribution in [3.8, 4) is 16.9 Å². The summed E-state index contributed by atoms with van der Waals surface area (Å²) in [4.78, 5) is 18.9. The summed E-state index contributed by atoms with van der Waals surface area (Å²) in [6.45, 7) is 5.90. The summed E-state index contributed by atoms with van der Waals surface area (Å²) >= 11 is 12.4. The predicted molar refractivity (Wildman–Crippen MR) is 127 cm³/mol. The lowest BCUT2D eigenvalue weighted by atomic mass is 10.0. The Labute approximate surface area is 202 Å². The summed E-state index contributed by atoms with van der Waals surface area (Å²) in [5.74, 6) is -0.0275. The van der Waals surface area contributed by atoms with Gasteiger partial charge in [0.05, 0.1) is 23.9 Å². The van der Waals surface area contributed by atoms with E-state index < -0.39 is 11.9 Å². The highest BCUT2D eigenvalue weighted by atomic mass is 35.5. The minimum atomic E-state index is -0.593. The first-order chi connectivity index (χ1) is 15.8. The van der Waals surface area contributed by atoms with E-state index in [9.17, 15) is 9.18 Å². The number of ether oxygens (including phenoxy) is 2. The van der Waals surface area contributed by atoms with Crippen molar-refractivity contribution >= 4 is 29.1 Å². The molecule has 33 heavy (non-hydrogen) atoms. The zero-order valence-electron chi connectivity index (χ0n) is 18.3. The average molecular weight is 489 g/mol. The number of amides is 1. The van der Waals surface area contributed by atoms with Gasteiger partial charge in [-0.15, -0.1) is 0 Å². The smallest absolute Gasteiger partial charge is 0.254 e. The third-order valence-electron chi connectivity index (χ3n) is 5.59. The highest BCUT2D eigenvalue weighted by Gasteiger charge is 2.21.